The maximum absolute atomic E-state index is 12.7. The summed E-state index contributed by atoms with van der Waals surface area (Å²) < 4.78 is 22.0. The Morgan fingerprint density at radius 1 is 0.600 bits per heavy atom. The third-order valence-corrected chi connectivity index (χ3v) is 9.10. The van der Waals surface area contributed by atoms with Crippen molar-refractivity contribution >= 4 is 11.9 Å². The normalized spacial score (nSPS) is 21.3. The van der Waals surface area contributed by atoms with Crippen LogP contribution >= 0.6 is 0 Å². The van der Waals surface area contributed by atoms with E-state index in [9.17, 15) is 30.0 Å². The molecular weight excluding hydrogens is 700 g/mol. The minimum atomic E-state index is -1.61. The molecule has 0 aliphatic carbocycles. The summed E-state index contributed by atoms with van der Waals surface area (Å²) >= 11 is 0. The molecule has 1 aliphatic rings. The van der Waals surface area contributed by atoms with Crippen LogP contribution in [0.4, 0.5) is 0 Å². The zero-order chi connectivity index (χ0) is 40.2. The monoisotopic (exact) mass is 775 g/mol. The molecule has 1 saturated heterocycles. The average molecular weight is 775 g/mol. The fraction of sp³-hybridized carbons (Fsp3) is 0.689. The molecule has 1 fully saturated rings. The summed E-state index contributed by atoms with van der Waals surface area (Å²) in [5.41, 5.74) is 0. The molecule has 1 heterocycles. The minimum absolute atomic E-state index is 0.199. The third-order valence-electron chi connectivity index (χ3n) is 9.10. The highest BCUT2D eigenvalue weighted by atomic mass is 16.7. The molecule has 0 aromatic rings. The van der Waals surface area contributed by atoms with Gasteiger partial charge in [0.05, 0.1) is 13.2 Å². The first kappa shape index (κ1) is 50.2. The van der Waals surface area contributed by atoms with Gasteiger partial charge in [0.2, 0.25) is 0 Å². The molecule has 0 bridgehead atoms. The lowest BCUT2D eigenvalue weighted by molar-refractivity contribution is -0.305. The molecule has 2 unspecified atom stereocenters. The third kappa shape index (κ3) is 27.4. The van der Waals surface area contributed by atoms with E-state index in [-0.39, 0.29) is 26.1 Å². The first-order chi connectivity index (χ1) is 26.8. The molecule has 0 aromatic carbocycles. The van der Waals surface area contributed by atoms with Gasteiger partial charge in [-0.25, -0.2) is 0 Å². The molecular formula is C45H74O10. The van der Waals surface area contributed by atoms with E-state index in [1.165, 1.54) is 25.7 Å². The Labute approximate surface area is 332 Å². The first-order valence-electron chi connectivity index (χ1n) is 21.0. The Morgan fingerprint density at radius 3 is 1.76 bits per heavy atom. The quantitative estimate of drug-likeness (QED) is 0.0221. The van der Waals surface area contributed by atoms with Gasteiger partial charge in [0, 0.05) is 12.8 Å². The van der Waals surface area contributed by atoms with E-state index < -0.39 is 55.4 Å². The molecule has 10 nitrogen and oxygen atoms in total. The Kier molecular flexibility index (Phi) is 32.4. The van der Waals surface area contributed by atoms with Gasteiger partial charge >= 0.3 is 11.9 Å². The number of carbonyl (C=O) groups excluding carboxylic acids is 2. The molecule has 1 aliphatic heterocycles. The summed E-state index contributed by atoms with van der Waals surface area (Å²) in [4.78, 5) is 25.2. The number of esters is 2. The van der Waals surface area contributed by atoms with Crippen LogP contribution in [0.1, 0.15) is 142 Å². The number of aliphatic hydroxyl groups excluding tert-OH is 4. The summed E-state index contributed by atoms with van der Waals surface area (Å²) in [6.45, 7) is 3.20. The summed E-state index contributed by atoms with van der Waals surface area (Å²) in [6.07, 6.45) is 36.2. The largest absolute Gasteiger partial charge is 0.462 e. The number of unbranched alkanes of at least 4 members (excludes halogenated alkanes) is 11. The molecule has 1 rings (SSSR count). The van der Waals surface area contributed by atoms with E-state index in [4.69, 9.17) is 18.9 Å². The van der Waals surface area contributed by atoms with E-state index in [0.717, 1.165) is 77.0 Å². The Morgan fingerprint density at radius 2 is 1.13 bits per heavy atom. The molecule has 10 heteroatoms. The van der Waals surface area contributed by atoms with Crippen LogP contribution in [0.2, 0.25) is 0 Å². The Bertz CT molecular complexity index is 1120. The van der Waals surface area contributed by atoms with Gasteiger partial charge in [0.15, 0.2) is 12.4 Å². The first-order valence-corrected chi connectivity index (χ1v) is 21.0. The van der Waals surface area contributed by atoms with Crippen molar-refractivity contribution in [3.63, 3.8) is 0 Å². The number of aliphatic hydroxyl groups is 4. The van der Waals surface area contributed by atoms with Crippen molar-refractivity contribution in [3.05, 3.63) is 72.9 Å². The number of allylic oxidation sites excluding steroid dienone is 12. The van der Waals surface area contributed by atoms with E-state index in [1.807, 2.05) is 0 Å². The number of carbonyl (C=O) groups is 2. The minimum Gasteiger partial charge on any atom is -0.462 e. The molecule has 6 atom stereocenters. The highest BCUT2D eigenvalue weighted by Crippen LogP contribution is 2.22. The molecule has 0 radical (unpaired) electrons. The van der Waals surface area contributed by atoms with E-state index in [0.29, 0.717) is 12.8 Å². The van der Waals surface area contributed by atoms with Gasteiger partial charge in [-0.1, -0.05) is 125 Å². The second-order valence-corrected chi connectivity index (χ2v) is 14.1. The SMILES string of the molecule is CC/C=C/C/C=C/C/C=C/C/C=C/CCCCC(=O)OC[C@@H](CO[C@H]1O[C@@H](CO)[C@@H](O)C(O)C1O)OC(=O)CCCCCCC/C=C/C=C/CCCCCC. The Hall–Kier alpha value is -2.86. The van der Waals surface area contributed by atoms with Crippen molar-refractivity contribution in [1.82, 2.24) is 0 Å². The topological polar surface area (TPSA) is 152 Å². The van der Waals surface area contributed by atoms with Gasteiger partial charge in [-0.3, -0.25) is 9.59 Å². The van der Waals surface area contributed by atoms with Crippen LogP contribution in [-0.4, -0.2) is 89.0 Å². The summed E-state index contributed by atoms with van der Waals surface area (Å²) in [5.74, 6) is -0.881. The molecule has 314 valence electrons. The number of hydrogen-bond acceptors (Lipinski definition) is 10. The van der Waals surface area contributed by atoms with Crippen LogP contribution in [0.15, 0.2) is 72.9 Å². The lowest BCUT2D eigenvalue weighted by atomic mass is 9.99. The lowest BCUT2D eigenvalue weighted by Gasteiger charge is -2.39. The van der Waals surface area contributed by atoms with Crippen LogP contribution in [0.5, 0.6) is 0 Å². The molecule has 55 heavy (non-hydrogen) atoms. The lowest BCUT2D eigenvalue weighted by Crippen LogP contribution is -2.59. The molecule has 0 aromatic heterocycles. The van der Waals surface area contributed by atoms with Gasteiger partial charge in [-0.2, -0.15) is 0 Å². The maximum atomic E-state index is 12.7. The van der Waals surface area contributed by atoms with E-state index in [1.54, 1.807) is 0 Å². The highest BCUT2D eigenvalue weighted by molar-refractivity contribution is 5.70. The van der Waals surface area contributed by atoms with Crippen LogP contribution < -0.4 is 0 Å². The standard InChI is InChI=1S/C45H74O10/c1-3-5-7-9-11-13-15-17-19-21-23-25-27-29-31-33-40(47)52-36-38(37-53-45-44(51)43(50)42(49)39(35-46)55-45)54-41(48)34-32-30-28-26-24-22-20-18-16-14-12-10-8-6-4-2/h5,7,11,13-14,16-20,23,25,38-39,42-46,49-51H,3-4,6,8-10,12,15,21-22,24,26-37H2,1-2H3/b7-5+,13-11+,16-14+,19-17+,20-18+,25-23+/t38-,39-,42+,43?,44?,45-/m0/s1. The zero-order valence-corrected chi connectivity index (χ0v) is 33.9. The van der Waals surface area contributed by atoms with Crippen LogP contribution in [0, 0.1) is 0 Å². The second kappa shape index (κ2) is 35.5. The summed E-state index contributed by atoms with van der Waals surface area (Å²) in [6, 6.07) is 0. The van der Waals surface area contributed by atoms with Crippen molar-refractivity contribution in [3.8, 4) is 0 Å². The van der Waals surface area contributed by atoms with Crippen molar-refractivity contribution in [1.29, 1.82) is 0 Å². The molecule has 0 amide bonds. The van der Waals surface area contributed by atoms with Crippen molar-refractivity contribution in [2.75, 3.05) is 19.8 Å². The number of hydrogen-bond donors (Lipinski definition) is 4. The van der Waals surface area contributed by atoms with Crippen molar-refractivity contribution in [2.24, 2.45) is 0 Å². The molecule has 0 spiro atoms. The van der Waals surface area contributed by atoms with Gasteiger partial charge in [-0.05, 0) is 77.0 Å². The second-order valence-electron chi connectivity index (χ2n) is 14.1. The van der Waals surface area contributed by atoms with Gasteiger partial charge in [0.1, 0.15) is 31.0 Å². The number of rotatable bonds is 33. The van der Waals surface area contributed by atoms with E-state index in [2.05, 4.69) is 86.8 Å². The van der Waals surface area contributed by atoms with Crippen LogP contribution in [-0.2, 0) is 28.5 Å². The van der Waals surface area contributed by atoms with Crippen LogP contribution in [0.25, 0.3) is 0 Å². The smallest absolute Gasteiger partial charge is 0.306 e. The number of ether oxygens (including phenoxy) is 4. The van der Waals surface area contributed by atoms with Crippen molar-refractivity contribution < 1.29 is 49.0 Å². The Balaban J connectivity index is 2.42. The van der Waals surface area contributed by atoms with Gasteiger partial charge < -0.3 is 39.4 Å². The molecule has 4 N–H and O–H groups in total. The maximum Gasteiger partial charge on any atom is 0.306 e. The van der Waals surface area contributed by atoms with Gasteiger partial charge in [0.25, 0.3) is 0 Å². The van der Waals surface area contributed by atoms with Crippen molar-refractivity contribution in [2.45, 2.75) is 179 Å². The predicted molar refractivity (Wildman–Crippen MR) is 219 cm³/mol. The summed E-state index contributed by atoms with van der Waals surface area (Å²) in [7, 11) is 0. The fourth-order valence-electron chi connectivity index (χ4n) is 5.76. The highest BCUT2D eigenvalue weighted by Gasteiger charge is 2.44. The molecule has 0 saturated carbocycles. The van der Waals surface area contributed by atoms with Gasteiger partial charge in [-0.15, -0.1) is 0 Å². The zero-order valence-electron chi connectivity index (χ0n) is 33.9. The van der Waals surface area contributed by atoms with E-state index >= 15 is 0 Å². The van der Waals surface area contributed by atoms with Crippen LogP contribution in [0.3, 0.4) is 0 Å². The average Bonchev–Trinajstić information content (AvgIpc) is 3.18. The fourth-order valence-corrected chi connectivity index (χ4v) is 5.76. The summed E-state index contributed by atoms with van der Waals surface area (Å²) in [5, 5.41) is 40.0. The predicted octanol–water partition coefficient (Wildman–Crippen LogP) is 8.44.